The van der Waals surface area contributed by atoms with Crippen LogP contribution >= 0.6 is 0 Å². The summed E-state index contributed by atoms with van der Waals surface area (Å²) in [6.45, 7) is 0.742. The molecule has 6 heteroatoms. The van der Waals surface area contributed by atoms with E-state index in [0.29, 0.717) is 23.2 Å². The molecule has 1 saturated heterocycles. The number of benzene rings is 2. The summed E-state index contributed by atoms with van der Waals surface area (Å²) in [5.41, 5.74) is 4.20. The topological polar surface area (TPSA) is 67.6 Å². The number of aromatic nitrogens is 3. The average molecular weight is 396 g/mol. The normalized spacial score (nSPS) is 14.3. The van der Waals surface area contributed by atoms with Crippen molar-refractivity contribution in [3.63, 3.8) is 0 Å². The minimum absolute atomic E-state index is 0.108. The molecule has 0 atom stereocenters. The van der Waals surface area contributed by atoms with E-state index in [0.717, 1.165) is 36.3 Å². The summed E-state index contributed by atoms with van der Waals surface area (Å²) >= 11 is 0. The van der Waals surface area contributed by atoms with E-state index in [9.17, 15) is 9.59 Å². The van der Waals surface area contributed by atoms with Crippen LogP contribution in [0.4, 0.5) is 5.69 Å². The lowest BCUT2D eigenvalue weighted by Crippen LogP contribution is -2.35. The Bertz CT molecular complexity index is 1250. The van der Waals surface area contributed by atoms with Crippen molar-refractivity contribution in [2.75, 3.05) is 11.4 Å². The highest BCUT2D eigenvalue weighted by Gasteiger charge is 2.21. The lowest BCUT2D eigenvalue weighted by atomic mass is 10.1. The third-order valence-corrected chi connectivity index (χ3v) is 5.46. The van der Waals surface area contributed by atoms with Gasteiger partial charge in [0.05, 0.1) is 17.5 Å². The predicted octanol–water partition coefficient (Wildman–Crippen LogP) is 4.14. The minimum Gasteiger partial charge on any atom is -0.312 e. The molecule has 0 spiro atoms. The van der Waals surface area contributed by atoms with Crippen molar-refractivity contribution in [1.82, 2.24) is 14.6 Å². The van der Waals surface area contributed by atoms with E-state index in [2.05, 4.69) is 10.1 Å². The minimum atomic E-state index is -0.108. The molecule has 0 aliphatic carbocycles. The molecule has 5 rings (SSSR count). The van der Waals surface area contributed by atoms with Gasteiger partial charge in [-0.05, 0) is 31.0 Å². The van der Waals surface area contributed by atoms with Crippen LogP contribution in [0.15, 0.2) is 73.1 Å². The van der Waals surface area contributed by atoms with Crippen molar-refractivity contribution in [1.29, 1.82) is 0 Å². The molecule has 4 aromatic rings. The fourth-order valence-electron chi connectivity index (χ4n) is 3.93. The Morgan fingerprint density at radius 3 is 2.67 bits per heavy atom. The number of amides is 1. The number of rotatable bonds is 4. The van der Waals surface area contributed by atoms with Crippen LogP contribution in [-0.4, -0.2) is 32.8 Å². The number of carbonyl (C=O) groups excluding carboxylic acids is 2. The van der Waals surface area contributed by atoms with Crippen molar-refractivity contribution in [3.05, 3.63) is 84.2 Å². The van der Waals surface area contributed by atoms with Gasteiger partial charge in [0, 0.05) is 36.0 Å². The van der Waals surface area contributed by atoms with Gasteiger partial charge < -0.3 is 4.90 Å². The zero-order valence-electron chi connectivity index (χ0n) is 16.4. The number of anilines is 1. The van der Waals surface area contributed by atoms with Gasteiger partial charge in [-0.15, -0.1) is 0 Å². The second-order valence-electron chi connectivity index (χ2n) is 7.37. The molecular weight excluding hydrogens is 376 g/mol. The van der Waals surface area contributed by atoms with Crippen LogP contribution in [-0.2, 0) is 4.79 Å². The highest BCUT2D eigenvalue weighted by molar-refractivity contribution is 6.12. The molecule has 0 bridgehead atoms. The molecule has 0 saturated carbocycles. The van der Waals surface area contributed by atoms with Crippen LogP contribution in [0.1, 0.15) is 35.2 Å². The molecule has 6 nitrogen and oxygen atoms in total. The Balaban J connectivity index is 1.56. The van der Waals surface area contributed by atoms with Crippen LogP contribution in [0.3, 0.4) is 0 Å². The highest BCUT2D eigenvalue weighted by atomic mass is 16.2. The van der Waals surface area contributed by atoms with Crippen LogP contribution in [0.5, 0.6) is 0 Å². The van der Waals surface area contributed by atoms with E-state index in [4.69, 9.17) is 0 Å². The summed E-state index contributed by atoms with van der Waals surface area (Å²) in [5, 5.41) is 4.45. The highest BCUT2D eigenvalue weighted by Crippen LogP contribution is 2.28. The number of ketones is 1. The molecular formula is C24H20N4O2. The zero-order chi connectivity index (χ0) is 20.5. The largest absolute Gasteiger partial charge is 0.312 e. The van der Waals surface area contributed by atoms with E-state index in [-0.39, 0.29) is 11.7 Å². The molecule has 30 heavy (non-hydrogen) atoms. The first-order valence-corrected chi connectivity index (χ1v) is 10.1. The maximum Gasteiger partial charge on any atom is 0.226 e. The second-order valence-corrected chi connectivity index (χ2v) is 7.37. The predicted molar refractivity (Wildman–Crippen MR) is 115 cm³/mol. The molecule has 3 heterocycles. The monoisotopic (exact) mass is 396 g/mol. The first-order chi connectivity index (χ1) is 14.7. The van der Waals surface area contributed by atoms with Gasteiger partial charge in [0.2, 0.25) is 5.91 Å². The van der Waals surface area contributed by atoms with Crippen LogP contribution in [0.25, 0.3) is 16.9 Å². The molecule has 148 valence electrons. The van der Waals surface area contributed by atoms with E-state index in [1.807, 2.05) is 53.4 Å². The lowest BCUT2D eigenvalue weighted by Gasteiger charge is -2.27. The molecule has 0 unspecified atom stereocenters. The van der Waals surface area contributed by atoms with Crippen molar-refractivity contribution in [2.45, 2.75) is 19.3 Å². The summed E-state index contributed by atoms with van der Waals surface area (Å²) in [6.07, 6.45) is 5.81. The van der Waals surface area contributed by atoms with Gasteiger partial charge in [-0.2, -0.15) is 5.10 Å². The van der Waals surface area contributed by atoms with Gasteiger partial charge in [-0.1, -0.05) is 42.5 Å². The fraction of sp³-hybridized carbons (Fsp3) is 0.167. The Morgan fingerprint density at radius 1 is 0.967 bits per heavy atom. The van der Waals surface area contributed by atoms with Gasteiger partial charge in [-0.3, -0.25) is 9.59 Å². The van der Waals surface area contributed by atoms with Gasteiger partial charge in [0.1, 0.15) is 0 Å². The van der Waals surface area contributed by atoms with E-state index >= 15 is 0 Å². The SMILES string of the molecule is O=C(c1ccccc1)c1cnn2c(-c3cccc(N4CCCCC4=O)c3)ccnc12. The van der Waals surface area contributed by atoms with E-state index in [1.165, 1.54) is 0 Å². The lowest BCUT2D eigenvalue weighted by molar-refractivity contribution is -0.119. The molecule has 2 aromatic carbocycles. The first-order valence-electron chi connectivity index (χ1n) is 10.1. The third-order valence-electron chi connectivity index (χ3n) is 5.46. The molecule has 2 aromatic heterocycles. The van der Waals surface area contributed by atoms with Crippen LogP contribution in [0.2, 0.25) is 0 Å². The Hall–Kier alpha value is -3.80. The number of hydrogen-bond acceptors (Lipinski definition) is 4. The summed E-state index contributed by atoms with van der Waals surface area (Å²) in [5.74, 6) is 0.0519. The summed E-state index contributed by atoms with van der Waals surface area (Å²) in [4.78, 5) is 31.5. The van der Waals surface area contributed by atoms with E-state index in [1.54, 1.807) is 29.0 Å². The average Bonchev–Trinajstić information content (AvgIpc) is 3.24. The standard InChI is InChI=1S/C24H20N4O2/c29-22-11-4-5-14-27(22)19-10-6-9-18(15-19)21-12-13-25-24-20(16-26-28(21)24)23(30)17-7-2-1-3-8-17/h1-3,6-10,12-13,15-16H,4-5,11,14H2. The van der Waals surface area contributed by atoms with E-state index < -0.39 is 0 Å². The molecule has 1 amide bonds. The summed E-state index contributed by atoms with van der Waals surface area (Å²) in [6, 6.07) is 18.9. The van der Waals surface area contributed by atoms with Gasteiger partial charge in [0.15, 0.2) is 11.4 Å². The van der Waals surface area contributed by atoms with Crippen molar-refractivity contribution in [2.24, 2.45) is 0 Å². The second kappa shape index (κ2) is 7.55. The van der Waals surface area contributed by atoms with Crippen molar-refractivity contribution >= 4 is 23.0 Å². The smallest absolute Gasteiger partial charge is 0.226 e. The Labute approximate surface area is 173 Å². The summed E-state index contributed by atoms with van der Waals surface area (Å²) in [7, 11) is 0. The van der Waals surface area contributed by atoms with Gasteiger partial charge >= 0.3 is 0 Å². The van der Waals surface area contributed by atoms with Crippen molar-refractivity contribution < 1.29 is 9.59 Å². The van der Waals surface area contributed by atoms with Gasteiger partial charge in [0.25, 0.3) is 0 Å². The third kappa shape index (κ3) is 3.16. The maximum atomic E-state index is 12.9. The van der Waals surface area contributed by atoms with Crippen molar-refractivity contribution in [3.8, 4) is 11.3 Å². The number of piperidine rings is 1. The Morgan fingerprint density at radius 2 is 1.83 bits per heavy atom. The van der Waals surface area contributed by atoms with Crippen LogP contribution in [0, 0.1) is 0 Å². The molecule has 0 N–H and O–H groups in total. The molecule has 1 fully saturated rings. The number of hydrogen-bond donors (Lipinski definition) is 0. The number of carbonyl (C=O) groups is 2. The molecule has 1 aliphatic rings. The quantitative estimate of drug-likeness (QED) is 0.486. The molecule has 1 aliphatic heterocycles. The zero-order valence-corrected chi connectivity index (χ0v) is 16.4. The number of fused-ring (bicyclic) bond motifs is 1. The van der Waals surface area contributed by atoms with Gasteiger partial charge in [-0.25, -0.2) is 9.50 Å². The summed E-state index contributed by atoms with van der Waals surface area (Å²) < 4.78 is 1.69. The molecule has 0 radical (unpaired) electrons. The fourth-order valence-corrected chi connectivity index (χ4v) is 3.93. The maximum absolute atomic E-state index is 12.9. The first kappa shape index (κ1) is 18.2. The Kier molecular flexibility index (Phi) is 4.59. The van der Waals surface area contributed by atoms with Crippen LogP contribution < -0.4 is 4.90 Å². The number of nitrogens with zero attached hydrogens (tertiary/aromatic N) is 4.